The molecular weight excluding hydrogens is 332 g/mol. The molecule has 1 fully saturated rings. The number of likely N-dealkylation sites (N-methyl/N-ethyl adjacent to an activating group) is 1. The summed E-state index contributed by atoms with van der Waals surface area (Å²) in [5, 5.41) is 9.93. The van der Waals surface area contributed by atoms with E-state index in [9.17, 15) is 13.5 Å². The van der Waals surface area contributed by atoms with Gasteiger partial charge in [0.2, 0.25) is 10.0 Å². The minimum Gasteiger partial charge on any atom is -0.390 e. The average molecular weight is 349 g/mol. The second-order valence-electron chi connectivity index (χ2n) is 4.87. The van der Waals surface area contributed by atoms with Crippen LogP contribution in [0.15, 0.2) is 33.6 Å². The van der Waals surface area contributed by atoms with Crippen LogP contribution in [0, 0.1) is 0 Å². The van der Waals surface area contributed by atoms with Crippen LogP contribution in [-0.4, -0.2) is 62.1 Å². The van der Waals surface area contributed by atoms with E-state index in [1.54, 1.807) is 24.3 Å². The lowest BCUT2D eigenvalue weighted by atomic mass is 10.2. The van der Waals surface area contributed by atoms with Crippen LogP contribution in [0.5, 0.6) is 0 Å². The molecule has 0 amide bonds. The van der Waals surface area contributed by atoms with Crippen molar-refractivity contribution in [3.63, 3.8) is 0 Å². The molecule has 7 heteroatoms. The largest absolute Gasteiger partial charge is 0.390 e. The van der Waals surface area contributed by atoms with Gasteiger partial charge in [0.05, 0.1) is 17.0 Å². The molecule has 0 radical (unpaired) electrons. The molecule has 5 nitrogen and oxygen atoms in total. The standard InChI is InChI=1S/C12H17BrN2O3S/c1-14(2)11-7-15(8-12(11)16)19(17,18)10-5-3-9(13)4-6-10/h3-6,11-12,16H,7-8H2,1-2H3/t11-,12-/m0/s1. The zero-order chi connectivity index (χ0) is 14.2. The van der Waals surface area contributed by atoms with Gasteiger partial charge in [-0.25, -0.2) is 8.42 Å². The van der Waals surface area contributed by atoms with Gasteiger partial charge in [0.25, 0.3) is 0 Å². The van der Waals surface area contributed by atoms with Crippen molar-refractivity contribution in [1.82, 2.24) is 9.21 Å². The summed E-state index contributed by atoms with van der Waals surface area (Å²) >= 11 is 3.28. The van der Waals surface area contributed by atoms with E-state index in [2.05, 4.69) is 15.9 Å². The first-order valence-corrected chi connectivity index (χ1v) is 8.16. The normalized spacial score (nSPS) is 25.1. The number of β-amino-alcohol motifs (C(OH)–C–C–N with tert-alkyl or cyclic N) is 1. The minimum atomic E-state index is -3.53. The summed E-state index contributed by atoms with van der Waals surface area (Å²) in [6.07, 6.45) is -0.653. The zero-order valence-electron chi connectivity index (χ0n) is 10.8. The van der Waals surface area contributed by atoms with Crippen molar-refractivity contribution in [1.29, 1.82) is 0 Å². The van der Waals surface area contributed by atoms with Crippen LogP contribution in [0.4, 0.5) is 0 Å². The van der Waals surface area contributed by atoms with E-state index < -0.39 is 16.1 Å². The van der Waals surface area contributed by atoms with E-state index >= 15 is 0 Å². The van der Waals surface area contributed by atoms with E-state index in [-0.39, 0.29) is 17.5 Å². The van der Waals surface area contributed by atoms with Crippen LogP contribution in [0.1, 0.15) is 0 Å². The van der Waals surface area contributed by atoms with Crippen molar-refractivity contribution in [3.05, 3.63) is 28.7 Å². The van der Waals surface area contributed by atoms with E-state index in [1.807, 2.05) is 19.0 Å². The molecule has 1 aliphatic rings. The molecule has 1 saturated heterocycles. The third kappa shape index (κ3) is 3.00. The predicted octanol–water partition coefficient (Wildman–Crippen LogP) is 0.744. The lowest BCUT2D eigenvalue weighted by molar-refractivity contribution is 0.113. The summed E-state index contributed by atoms with van der Waals surface area (Å²) in [6, 6.07) is 6.36. The van der Waals surface area contributed by atoms with Crippen LogP contribution in [-0.2, 0) is 10.0 Å². The quantitative estimate of drug-likeness (QED) is 0.875. The van der Waals surface area contributed by atoms with Gasteiger partial charge in [0.1, 0.15) is 0 Å². The van der Waals surface area contributed by atoms with Gasteiger partial charge in [-0.3, -0.25) is 0 Å². The van der Waals surface area contributed by atoms with Gasteiger partial charge < -0.3 is 10.0 Å². The fraction of sp³-hybridized carbons (Fsp3) is 0.500. The summed E-state index contributed by atoms with van der Waals surface area (Å²) in [4.78, 5) is 2.10. The molecule has 0 spiro atoms. The maximum atomic E-state index is 12.4. The number of nitrogens with zero attached hydrogens (tertiary/aromatic N) is 2. The van der Waals surface area contributed by atoms with Crippen molar-refractivity contribution < 1.29 is 13.5 Å². The number of sulfonamides is 1. The number of benzene rings is 1. The van der Waals surface area contributed by atoms with Crippen molar-refractivity contribution >= 4 is 26.0 Å². The van der Waals surface area contributed by atoms with Crippen molar-refractivity contribution in [3.8, 4) is 0 Å². The molecule has 0 saturated carbocycles. The zero-order valence-corrected chi connectivity index (χ0v) is 13.2. The van der Waals surface area contributed by atoms with Gasteiger partial charge in [-0.05, 0) is 38.4 Å². The Bertz CT molecular complexity index is 545. The third-order valence-corrected chi connectivity index (χ3v) is 5.71. The second-order valence-corrected chi connectivity index (χ2v) is 7.73. The number of aliphatic hydroxyl groups excluding tert-OH is 1. The summed E-state index contributed by atoms with van der Waals surface area (Å²) in [6.45, 7) is 0.452. The Morgan fingerprint density at radius 1 is 1.26 bits per heavy atom. The Hall–Kier alpha value is -0.470. The van der Waals surface area contributed by atoms with Gasteiger partial charge >= 0.3 is 0 Å². The fourth-order valence-electron chi connectivity index (χ4n) is 2.19. The molecule has 2 atom stereocenters. The predicted molar refractivity (Wildman–Crippen MR) is 76.4 cm³/mol. The third-order valence-electron chi connectivity index (χ3n) is 3.34. The number of halogens is 1. The van der Waals surface area contributed by atoms with Crippen molar-refractivity contribution in [2.45, 2.75) is 17.0 Å². The molecule has 0 unspecified atom stereocenters. The van der Waals surface area contributed by atoms with E-state index in [0.717, 1.165) is 4.47 Å². The number of hydrogen-bond donors (Lipinski definition) is 1. The minimum absolute atomic E-state index is 0.140. The molecule has 2 rings (SSSR count). The molecule has 1 aliphatic heterocycles. The Balaban J connectivity index is 2.24. The molecular formula is C12H17BrN2O3S. The Morgan fingerprint density at radius 3 is 2.32 bits per heavy atom. The summed E-state index contributed by atoms with van der Waals surface area (Å²) < 4.78 is 27.1. The first kappa shape index (κ1) is 14.9. The van der Waals surface area contributed by atoms with Crippen LogP contribution < -0.4 is 0 Å². The van der Waals surface area contributed by atoms with Crippen LogP contribution in [0.3, 0.4) is 0 Å². The monoisotopic (exact) mass is 348 g/mol. The number of rotatable bonds is 3. The molecule has 106 valence electrons. The highest BCUT2D eigenvalue weighted by Crippen LogP contribution is 2.24. The average Bonchev–Trinajstić information content (AvgIpc) is 2.72. The maximum absolute atomic E-state index is 12.4. The molecule has 0 aliphatic carbocycles. The number of hydrogen-bond acceptors (Lipinski definition) is 4. The highest BCUT2D eigenvalue weighted by atomic mass is 79.9. The van der Waals surface area contributed by atoms with E-state index in [1.165, 1.54) is 4.31 Å². The summed E-state index contributed by atoms with van der Waals surface area (Å²) in [5.41, 5.74) is 0. The van der Waals surface area contributed by atoms with Gasteiger partial charge in [-0.15, -0.1) is 0 Å². The van der Waals surface area contributed by atoms with E-state index in [0.29, 0.717) is 6.54 Å². The lowest BCUT2D eigenvalue weighted by Gasteiger charge is -2.21. The molecule has 0 bridgehead atoms. The maximum Gasteiger partial charge on any atom is 0.243 e. The van der Waals surface area contributed by atoms with Gasteiger partial charge in [-0.1, -0.05) is 15.9 Å². The Morgan fingerprint density at radius 2 is 1.84 bits per heavy atom. The van der Waals surface area contributed by atoms with Crippen LogP contribution in [0.25, 0.3) is 0 Å². The fourth-order valence-corrected chi connectivity index (χ4v) is 3.93. The first-order chi connectivity index (χ1) is 8.82. The SMILES string of the molecule is CN(C)[C@H]1CN(S(=O)(=O)c2ccc(Br)cc2)C[C@@H]1O. The molecule has 1 N–H and O–H groups in total. The van der Waals surface area contributed by atoms with Crippen molar-refractivity contribution in [2.75, 3.05) is 27.2 Å². The van der Waals surface area contributed by atoms with E-state index in [4.69, 9.17) is 0 Å². The Labute approximate surface area is 122 Å². The highest BCUT2D eigenvalue weighted by molar-refractivity contribution is 9.10. The summed E-state index contributed by atoms with van der Waals surface area (Å²) in [7, 11) is 0.145. The van der Waals surface area contributed by atoms with Gasteiger partial charge in [0.15, 0.2) is 0 Å². The van der Waals surface area contributed by atoms with Gasteiger partial charge in [0, 0.05) is 17.6 Å². The smallest absolute Gasteiger partial charge is 0.243 e. The van der Waals surface area contributed by atoms with Crippen LogP contribution >= 0.6 is 15.9 Å². The topological polar surface area (TPSA) is 60.9 Å². The van der Waals surface area contributed by atoms with Crippen LogP contribution in [0.2, 0.25) is 0 Å². The molecule has 1 heterocycles. The van der Waals surface area contributed by atoms with Gasteiger partial charge in [-0.2, -0.15) is 4.31 Å². The molecule has 19 heavy (non-hydrogen) atoms. The van der Waals surface area contributed by atoms with Crippen molar-refractivity contribution in [2.24, 2.45) is 0 Å². The first-order valence-electron chi connectivity index (χ1n) is 5.92. The molecule has 1 aromatic rings. The second kappa shape index (κ2) is 5.49. The molecule has 1 aromatic carbocycles. The lowest BCUT2D eigenvalue weighted by Crippen LogP contribution is -2.38. The highest BCUT2D eigenvalue weighted by Gasteiger charge is 2.39. The number of aliphatic hydroxyl groups is 1. The molecule has 0 aromatic heterocycles. The summed E-state index contributed by atoms with van der Waals surface area (Å²) in [5.74, 6) is 0. The Kier molecular flexibility index (Phi) is 4.32.